The van der Waals surface area contributed by atoms with Gasteiger partial charge in [0.15, 0.2) is 5.13 Å². The first kappa shape index (κ1) is 9.08. The molecule has 5 heteroatoms. The number of benzene rings is 1. The van der Waals surface area contributed by atoms with Crippen LogP contribution in [0.3, 0.4) is 0 Å². The third-order valence-electron chi connectivity index (χ3n) is 1.73. The fourth-order valence-electron chi connectivity index (χ4n) is 1.11. The van der Waals surface area contributed by atoms with Crippen molar-refractivity contribution in [2.75, 3.05) is 5.73 Å². The van der Waals surface area contributed by atoms with Crippen molar-refractivity contribution in [1.29, 1.82) is 0 Å². The van der Waals surface area contributed by atoms with Crippen molar-refractivity contribution in [3.8, 4) is 11.3 Å². The zero-order chi connectivity index (χ0) is 10.1. The van der Waals surface area contributed by atoms with Crippen molar-refractivity contribution in [3.63, 3.8) is 0 Å². The number of nitrogens with two attached hydrogens (primary N) is 1. The van der Waals surface area contributed by atoms with Gasteiger partial charge in [-0.25, -0.2) is 13.8 Å². The molecule has 0 atom stereocenters. The fourth-order valence-corrected chi connectivity index (χ4v) is 1.67. The van der Waals surface area contributed by atoms with Crippen LogP contribution < -0.4 is 5.73 Å². The topological polar surface area (TPSA) is 38.9 Å². The van der Waals surface area contributed by atoms with E-state index in [1.807, 2.05) is 0 Å². The summed E-state index contributed by atoms with van der Waals surface area (Å²) in [6, 6.07) is 3.36. The van der Waals surface area contributed by atoms with E-state index in [2.05, 4.69) is 4.98 Å². The van der Waals surface area contributed by atoms with Crippen molar-refractivity contribution in [1.82, 2.24) is 4.98 Å². The van der Waals surface area contributed by atoms with E-state index in [4.69, 9.17) is 5.73 Å². The van der Waals surface area contributed by atoms with Crippen LogP contribution in [0.25, 0.3) is 11.3 Å². The van der Waals surface area contributed by atoms with Crippen LogP contribution in [0.2, 0.25) is 0 Å². The van der Waals surface area contributed by atoms with Crippen molar-refractivity contribution in [3.05, 3.63) is 35.2 Å². The Kier molecular flexibility index (Phi) is 2.17. The lowest BCUT2D eigenvalue weighted by Gasteiger charge is -1.98. The number of hydrogen-bond acceptors (Lipinski definition) is 3. The highest BCUT2D eigenvalue weighted by atomic mass is 32.1. The molecule has 0 unspecified atom stereocenters. The smallest absolute Gasteiger partial charge is 0.180 e. The molecule has 1 heterocycles. The molecule has 0 saturated heterocycles. The number of hydrogen-bond donors (Lipinski definition) is 1. The van der Waals surface area contributed by atoms with Crippen molar-refractivity contribution >= 4 is 16.5 Å². The van der Waals surface area contributed by atoms with Gasteiger partial charge in [-0.2, -0.15) is 0 Å². The molecule has 2 N–H and O–H groups in total. The normalized spacial score (nSPS) is 10.4. The fraction of sp³-hybridized carbons (Fsp3) is 0. The Labute approximate surface area is 83.0 Å². The predicted octanol–water partition coefficient (Wildman–Crippen LogP) is 2.67. The second-order valence-electron chi connectivity index (χ2n) is 2.70. The molecule has 2 rings (SSSR count). The lowest BCUT2D eigenvalue weighted by molar-refractivity contribution is 0.585. The van der Waals surface area contributed by atoms with Gasteiger partial charge in [0.25, 0.3) is 0 Å². The maximum Gasteiger partial charge on any atom is 0.180 e. The Hall–Kier alpha value is -1.49. The van der Waals surface area contributed by atoms with Crippen LogP contribution >= 0.6 is 11.3 Å². The third kappa shape index (κ3) is 1.58. The van der Waals surface area contributed by atoms with Gasteiger partial charge in [0.05, 0.1) is 5.69 Å². The Bertz CT molecular complexity index is 468. The number of nitrogen functional groups attached to an aromatic ring is 1. The first-order valence-corrected chi connectivity index (χ1v) is 4.71. The summed E-state index contributed by atoms with van der Waals surface area (Å²) in [5.74, 6) is -1.23. The Morgan fingerprint density at radius 1 is 1.29 bits per heavy atom. The summed E-state index contributed by atoms with van der Waals surface area (Å²) >= 11 is 1.22. The molecular formula is C9H6F2N2S. The Morgan fingerprint density at radius 3 is 2.64 bits per heavy atom. The zero-order valence-electron chi connectivity index (χ0n) is 7.00. The molecule has 72 valence electrons. The van der Waals surface area contributed by atoms with Gasteiger partial charge in [0, 0.05) is 17.0 Å². The standard InChI is InChI=1S/C9H6F2N2S/c10-5-1-2-6(7(11)3-5)8-4-14-9(12)13-8/h1-4H,(H2,12,13). The zero-order valence-corrected chi connectivity index (χ0v) is 7.81. The van der Waals surface area contributed by atoms with Crippen LogP contribution in [0, 0.1) is 11.6 Å². The molecule has 1 aromatic heterocycles. The van der Waals surface area contributed by atoms with Gasteiger partial charge in [-0.05, 0) is 12.1 Å². The van der Waals surface area contributed by atoms with E-state index in [-0.39, 0.29) is 5.56 Å². The van der Waals surface area contributed by atoms with Crippen molar-refractivity contribution < 1.29 is 8.78 Å². The summed E-state index contributed by atoms with van der Waals surface area (Å²) < 4.78 is 25.8. The molecule has 0 radical (unpaired) electrons. The highest BCUT2D eigenvalue weighted by Gasteiger charge is 2.08. The first-order chi connectivity index (χ1) is 6.66. The van der Waals surface area contributed by atoms with E-state index in [1.54, 1.807) is 5.38 Å². The summed E-state index contributed by atoms with van der Waals surface area (Å²) in [6.45, 7) is 0. The maximum atomic E-state index is 13.2. The minimum atomic E-state index is -0.629. The quantitative estimate of drug-likeness (QED) is 0.789. The molecule has 0 bridgehead atoms. The minimum absolute atomic E-state index is 0.263. The maximum absolute atomic E-state index is 13.2. The van der Waals surface area contributed by atoms with Crippen LogP contribution in [-0.2, 0) is 0 Å². The number of anilines is 1. The van der Waals surface area contributed by atoms with E-state index in [0.29, 0.717) is 10.8 Å². The van der Waals surface area contributed by atoms with Gasteiger partial charge in [-0.3, -0.25) is 0 Å². The molecule has 14 heavy (non-hydrogen) atoms. The van der Waals surface area contributed by atoms with Crippen LogP contribution in [0.4, 0.5) is 13.9 Å². The van der Waals surface area contributed by atoms with Crippen molar-refractivity contribution in [2.24, 2.45) is 0 Å². The van der Waals surface area contributed by atoms with E-state index in [9.17, 15) is 8.78 Å². The van der Waals surface area contributed by atoms with Crippen LogP contribution in [0.15, 0.2) is 23.6 Å². The highest BCUT2D eigenvalue weighted by molar-refractivity contribution is 7.13. The van der Waals surface area contributed by atoms with Gasteiger partial charge >= 0.3 is 0 Å². The van der Waals surface area contributed by atoms with E-state index in [1.165, 1.54) is 23.5 Å². The van der Waals surface area contributed by atoms with E-state index >= 15 is 0 Å². The molecule has 2 aromatic rings. The van der Waals surface area contributed by atoms with Gasteiger partial charge in [0.1, 0.15) is 11.6 Å². The van der Waals surface area contributed by atoms with Gasteiger partial charge in [0.2, 0.25) is 0 Å². The van der Waals surface area contributed by atoms with Gasteiger partial charge in [-0.15, -0.1) is 11.3 Å². The second kappa shape index (κ2) is 3.34. The summed E-state index contributed by atoms with van der Waals surface area (Å²) in [6.07, 6.45) is 0. The van der Waals surface area contributed by atoms with Crippen LogP contribution in [0.1, 0.15) is 0 Å². The molecule has 1 aromatic carbocycles. The molecule has 0 aliphatic rings. The number of halogens is 2. The summed E-state index contributed by atoms with van der Waals surface area (Å²) in [4.78, 5) is 3.91. The number of rotatable bonds is 1. The van der Waals surface area contributed by atoms with Crippen molar-refractivity contribution in [2.45, 2.75) is 0 Å². The SMILES string of the molecule is Nc1nc(-c2ccc(F)cc2F)cs1. The van der Waals surface area contributed by atoms with Gasteiger partial charge < -0.3 is 5.73 Å². The monoisotopic (exact) mass is 212 g/mol. The Balaban J connectivity index is 2.52. The number of aromatic nitrogens is 1. The van der Waals surface area contributed by atoms with E-state index in [0.717, 1.165) is 6.07 Å². The molecule has 0 aliphatic heterocycles. The average Bonchev–Trinajstić information content (AvgIpc) is 2.51. The average molecular weight is 212 g/mol. The molecule has 0 aliphatic carbocycles. The second-order valence-corrected chi connectivity index (χ2v) is 3.58. The largest absolute Gasteiger partial charge is 0.375 e. The highest BCUT2D eigenvalue weighted by Crippen LogP contribution is 2.25. The molecule has 0 saturated carbocycles. The number of nitrogens with zero attached hydrogens (tertiary/aromatic N) is 1. The summed E-state index contributed by atoms with van der Waals surface area (Å²) in [5.41, 5.74) is 6.11. The molecule has 0 fully saturated rings. The van der Waals surface area contributed by atoms with Crippen LogP contribution in [-0.4, -0.2) is 4.98 Å². The Morgan fingerprint density at radius 2 is 2.07 bits per heavy atom. The third-order valence-corrected chi connectivity index (χ3v) is 2.40. The summed E-state index contributed by atoms with van der Waals surface area (Å²) in [7, 11) is 0. The van der Waals surface area contributed by atoms with E-state index < -0.39 is 11.6 Å². The predicted molar refractivity (Wildman–Crippen MR) is 51.9 cm³/mol. The minimum Gasteiger partial charge on any atom is -0.375 e. The lowest BCUT2D eigenvalue weighted by Crippen LogP contribution is -1.87. The molecular weight excluding hydrogens is 206 g/mol. The molecule has 0 spiro atoms. The number of thiazole rings is 1. The molecule has 2 nitrogen and oxygen atoms in total. The van der Waals surface area contributed by atoms with Gasteiger partial charge in [-0.1, -0.05) is 0 Å². The summed E-state index contributed by atoms with van der Waals surface area (Å²) in [5, 5.41) is 2.00. The lowest BCUT2D eigenvalue weighted by atomic mass is 10.1. The van der Waals surface area contributed by atoms with Crippen LogP contribution in [0.5, 0.6) is 0 Å². The first-order valence-electron chi connectivity index (χ1n) is 3.83. The molecule has 0 amide bonds.